The predicted octanol–water partition coefficient (Wildman–Crippen LogP) is 1.59. The third kappa shape index (κ3) is 5.16. The number of ether oxygens (including phenoxy) is 1. The Balaban J connectivity index is 1.51. The number of rotatable bonds is 7. The normalized spacial score (nSPS) is 15.8. The Morgan fingerprint density at radius 3 is 2.18 bits per heavy atom. The van der Waals surface area contributed by atoms with E-state index in [0.29, 0.717) is 32.8 Å². The van der Waals surface area contributed by atoms with Crippen LogP contribution < -0.4 is 5.48 Å². The summed E-state index contributed by atoms with van der Waals surface area (Å²) in [7, 11) is 0. The molecule has 2 aromatic rings. The van der Waals surface area contributed by atoms with E-state index in [2.05, 4.69) is 0 Å². The summed E-state index contributed by atoms with van der Waals surface area (Å²) in [5, 5.41) is 9.12. The van der Waals surface area contributed by atoms with E-state index >= 15 is 0 Å². The Bertz CT molecular complexity index is 762. The molecule has 0 aliphatic carbocycles. The van der Waals surface area contributed by atoms with Crippen LogP contribution in [0.25, 0.3) is 0 Å². The fraction of sp³-hybridized carbons (Fsp3) is 0.333. The van der Waals surface area contributed by atoms with Crippen molar-refractivity contribution < 1.29 is 19.5 Å². The van der Waals surface area contributed by atoms with Crippen molar-refractivity contribution in [2.75, 3.05) is 32.8 Å². The molecule has 148 valence electrons. The smallest absolute Gasteiger partial charge is 0.265 e. The largest absolute Gasteiger partial charge is 0.367 e. The zero-order chi connectivity index (χ0) is 19.8. The maximum Gasteiger partial charge on any atom is 0.265 e. The number of nitrogens with zero attached hydrogens (tertiary/aromatic N) is 2. The van der Waals surface area contributed by atoms with Gasteiger partial charge >= 0.3 is 0 Å². The molecule has 7 nitrogen and oxygen atoms in total. The first-order chi connectivity index (χ1) is 13.7. The van der Waals surface area contributed by atoms with Crippen LogP contribution in [0.3, 0.4) is 0 Å². The third-order valence-corrected chi connectivity index (χ3v) is 4.84. The second-order valence-electron chi connectivity index (χ2n) is 6.68. The Morgan fingerprint density at radius 1 is 0.964 bits per heavy atom. The minimum atomic E-state index is -0.585. The number of carbonyl (C=O) groups is 2. The first-order valence-corrected chi connectivity index (χ1v) is 9.31. The molecule has 1 saturated heterocycles. The van der Waals surface area contributed by atoms with Gasteiger partial charge in [0, 0.05) is 26.2 Å². The van der Waals surface area contributed by atoms with Gasteiger partial charge in [0.05, 0.1) is 6.61 Å². The van der Waals surface area contributed by atoms with Gasteiger partial charge in [0.1, 0.15) is 12.6 Å². The van der Waals surface area contributed by atoms with Gasteiger partial charge < -0.3 is 9.64 Å². The average Bonchev–Trinajstić information content (AvgIpc) is 2.75. The Hall–Kier alpha value is -2.74. The van der Waals surface area contributed by atoms with Gasteiger partial charge in [-0.2, -0.15) is 0 Å². The quantitative estimate of drug-likeness (QED) is 0.561. The molecule has 1 heterocycles. The SMILES string of the molecule is O=C(NO)C(c1ccccc1)N1CCN(C(=O)COCc2ccccc2)CC1. The molecule has 1 atom stereocenters. The van der Waals surface area contributed by atoms with E-state index < -0.39 is 11.9 Å². The van der Waals surface area contributed by atoms with E-state index in [0.717, 1.165) is 11.1 Å². The molecule has 2 N–H and O–H groups in total. The minimum absolute atomic E-state index is 0.0358. The monoisotopic (exact) mass is 383 g/mol. The van der Waals surface area contributed by atoms with E-state index in [1.807, 2.05) is 65.6 Å². The fourth-order valence-corrected chi connectivity index (χ4v) is 3.38. The number of benzene rings is 2. The summed E-state index contributed by atoms with van der Waals surface area (Å²) < 4.78 is 5.53. The number of hydrogen-bond donors (Lipinski definition) is 2. The maximum atomic E-state index is 12.4. The molecule has 1 unspecified atom stereocenters. The van der Waals surface area contributed by atoms with Crippen LogP contribution in [0.2, 0.25) is 0 Å². The van der Waals surface area contributed by atoms with Gasteiger partial charge in [0.15, 0.2) is 0 Å². The van der Waals surface area contributed by atoms with Crippen molar-refractivity contribution in [1.29, 1.82) is 0 Å². The lowest BCUT2D eigenvalue weighted by Gasteiger charge is -2.38. The first kappa shape index (κ1) is 20.0. The van der Waals surface area contributed by atoms with Crippen LogP contribution in [-0.2, 0) is 20.9 Å². The van der Waals surface area contributed by atoms with Crippen LogP contribution in [0.1, 0.15) is 17.2 Å². The summed E-state index contributed by atoms with van der Waals surface area (Å²) in [4.78, 5) is 28.3. The summed E-state index contributed by atoms with van der Waals surface area (Å²) in [5.41, 5.74) is 3.59. The van der Waals surface area contributed by atoms with E-state index in [4.69, 9.17) is 9.94 Å². The van der Waals surface area contributed by atoms with Gasteiger partial charge in [-0.15, -0.1) is 0 Å². The van der Waals surface area contributed by atoms with Crippen LogP contribution in [0.4, 0.5) is 0 Å². The van der Waals surface area contributed by atoms with Crippen molar-refractivity contribution in [3.05, 3.63) is 71.8 Å². The van der Waals surface area contributed by atoms with Gasteiger partial charge in [0.2, 0.25) is 5.91 Å². The molecule has 0 aromatic heterocycles. The number of piperazine rings is 1. The molecule has 0 saturated carbocycles. The number of nitrogens with one attached hydrogen (secondary N) is 1. The Labute approximate surface area is 164 Å². The Kier molecular flexibility index (Phi) is 7.13. The lowest BCUT2D eigenvalue weighted by atomic mass is 10.0. The van der Waals surface area contributed by atoms with Crippen molar-refractivity contribution in [3.8, 4) is 0 Å². The molecule has 28 heavy (non-hydrogen) atoms. The van der Waals surface area contributed by atoms with Crippen molar-refractivity contribution in [2.45, 2.75) is 12.6 Å². The van der Waals surface area contributed by atoms with E-state index in [-0.39, 0.29) is 12.5 Å². The highest BCUT2D eigenvalue weighted by molar-refractivity contribution is 5.82. The topological polar surface area (TPSA) is 82.1 Å². The van der Waals surface area contributed by atoms with Gasteiger partial charge in [-0.3, -0.25) is 19.7 Å². The van der Waals surface area contributed by atoms with Crippen LogP contribution in [0, 0.1) is 0 Å². The van der Waals surface area contributed by atoms with Crippen molar-refractivity contribution in [3.63, 3.8) is 0 Å². The predicted molar refractivity (Wildman–Crippen MR) is 103 cm³/mol. The van der Waals surface area contributed by atoms with Gasteiger partial charge in [0.25, 0.3) is 5.91 Å². The zero-order valence-electron chi connectivity index (χ0n) is 15.7. The third-order valence-electron chi connectivity index (χ3n) is 4.84. The minimum Gasteiger partial charge on any atom is -0.367 e. The van der Waals surface area contributed by atoms with Crippen molar-refractivity contribution >= 4 is 11.8 Å². The van der Waals surface area contributed by atoms with E-state index in [1.54, 1.807) is 10.4 Å². The molecule has 3 rings (SSSR count). The molecule has 7 heteroatoms. The number of hydrogen-bond acceptors (Lipinski definition) is 5. The molecule has 1 aliphatic heterocycles. The maximum absolute atomic E-state index is 12.4. The molecular formula is C21H25N3O4. The van der Waals surface area contributed by atoms with Gasteiger partial charge in [-0.1, -0.05) is 60.7 Å². The highest BCUT2D eigenvalue weighted by atomic mass is 16.5. The number of carbonyl (C=O) groups excluding carboxylic acids is 2. The molecule has 2 amide bonds. The Morgan fingerprint density at radius 2 is 1.57 bits per heavy atom. The molecule has 1 aliphatic rings. The molecule has 0 bridgehead atoms. The summed E-state index contributed by atoms with van der Waals surface area (Å²) in [6.45, 7) is 2.54. The van der Waals surface area contributed by atoms with Crippen molar-refractivity contribution in [1.82, 2.24) is 15.3 Å². The fourth-order valence-electron chi connectivity index (χ4n) is 3.38. The molecular weight excluding hydrogens is 358 g/mol. The molecule has 0 spiro atoms. The van der Waals surface area contributed by atoms with Gasteiger partial charge in [-0.25, -0.2) is 5.48 Å². The molecule has 1 fully saturated rings. The molecule has 2 aromatic carbocycles. The number of amides is 2. The lowest BCUT2D eigenvalue weighted by molar-refractivity contribution is -0.141. The highest BCUT2D eigenvalue weighted by Gasteiger charge is 2.31. The van der Waals surface area contributed by atoms with E-state index in [9.17, 15) is 9.59 Å². The van der Waals surface area contributed by atoms with Crippen LogP contribution in [0.15, 0.2) is 60.7 Å². The summed E-state index contributed by atoms with van der Waals surface area (Å²) in [6, 6.07) is 18.4. The van der Waals surface area contributed by atoms with Gasteiger partial charge in [-0.05, 0) is 11.1 Å². The van der Waals surface area contributed by atoms with E-state index in [1.165, 1.54) is 0 Å². The second kappa shape index (κ2) is 9.98. The van der Waals surface area contributed by atoms with Crippen LogP contribution in [0.5, 0.6) is 0 Å². The van der Waals surface area contributed by atoms with Crippen molar-refractivity contribution in [2.24, 2.45) is 0 Å². The molecule has 0 radical (unpaired) electrons. The average molecular weight is 383 g/mol. The summed E-state index contributed by atoms with van der Waals surface area (Å²) in [6.07, 6.45) is 0. The summed E-state index contributed by atoms with van der Waals surface area (Å²) >= 11 is 0. The second-order valence-corrected chi connectivity index (χ2v) is 6.68. The number of hydroxylamine groups is 1. The van der Waals surface area contributed by atoms with Crippen LogP contribution >= 0.6 is 0 Å². The zero-order valence-corrected chi connectivity index (χ0v) is 15.7. The standard InChI is InChI=1S/C21H25N3O4/c25-19(16-28-15-17-7-3-1-4-8-17)23-11-13-24(14-12-23)20(21(26)22-27)18-9-5-2-6-10-18/h1-10,20,27H,11-16H2,(H,22,26). The van der Waals surface area contributed by atoms with Crippen LogP contribution in [-0.4, -0.2) is 59.6 Å². The highest BCUT2D eigenvalue weighted by Crippen LogP contribution is 2.22. The first-order valence-electron chi connectivity index (χ1n) is 9.31. The lowest BCUT2D eigenvalue weighted by Crippen LogP contribution is -2.52. The summed E-state index contributed by atoms with van der Waals surface area (Å²) in [5.74, 6) is -0.532.